The predicted octanol–water partition coefficient (Wildman–Crippen LogP) is 2.66. The fraction of sp³-hybridized carbons (Fsp3) is 1.00. The van der Waals surface area contributed by atoms with E-state index in [1.807, 2.05) is 0 Å². The molecule has 0 aliphatic heterocycles. The lowest BCUT2D eigenvalue weighted by Crippen LogP contribution is -2.35. The van der Waals surface area contributed by atoms with Crippen LogP contribution in [0.4, 0.5) is 0 Å². The average molecular weight is 234 g/mol. The van der Waals surface area contributed by atoms with Crippen molar-refractivity contribution in [2.24, 2.45) is 11.8 Å². The highest BCUT2D eigenvalue weighted by Gasteiger charge is 2.23. The Morgan fingerprint density at radius 2 is 2.00 bits per heavy atom. The fourth-order valence-corrected chi connectivity index (χ4v) is 2.72. The maximum atomic E-state index is 5.99. The minimum Gasteiger partial charge on any atom is -0.380 e. The highest BCUT2D eigenvalue weighted by atomic mass is 35.5. The van der Waals surface area contributed by atoms with E-state index in [4.69, 9.17) is 16.3 Å². The third-order valence-electron chi connectivity index (χ3n) is 3.51. The van der Waals surface area contributed by atoms with Gasteiger partial charge in [0.15, 0.2) is 0 Å². The van der Waals surface area contributed by atoms with Crippen LogP contribution in [-0.4, -0.2) is 32.2 Å². The summed E-state index contributed by atoms with van der Waals surface area (Å²) in [6, 6.07) is 0. The Balaban J connectivity index is 2.17. The van der Waals surface area contributed by atoms with Crippen molar-refractivity contribution in [1.29, 1.82) is 0 Å². The molecule has 2 nitrogen and oxygen atoms in total. The molecule has 15 heavy (non-hydrogen) atoms. The van der Waals surface area contributed by atoms with Crippen LogP contribution in [0.2, 0.25) is 0 Å². The molecule has 0 spiro atoms. The van der Waals surface area contributed by atoms with Crippen molar-refractivity contribution in [2.45, 2.75) is 38.7 Å². The third-order valence-corrected chi connectivity index (χ3v) is 3.90. The molecule has 0 amide bonds. The molecule has 0 bridgehead atoms. The highest BCUT2D eigenvalue weighted by molar-refractivity contribution is 6.18. The number of ether oxygens (including phenoxy) is 1. The molecular formula is C12H24ClNO. The summed E-state index contributed by atoms with van der Waals surface area (Å²) in [5.41, 5.74) is 0. The van der Waals surface area contributed by atoms with Crippen LogP contribution in [0.1, 0.15) is 32.6 Å². The number of nitrogens with one attached hydrogen (secondary N) is 1. The molecule has 3 unspecified atom stereocenters. The summed E-state index contributed by atoms with van der Waals surface area (Å²) >= 11 is 5.99. The summed E-state index contributed by atoms with van der Waals surface area (Å²) in [5.74, 6) is 2.33. The molecule has 0 aromatic rings. The SMILES string of the molecule is COC(C)CNCC1CCCCC1CCl. The van der Waals surface area contributed by atoms with E-state index in [0.29, 0.717) is 6.10 Å². The Bertz CT molecular complexity index is 166. The smallest absolute Gasteiger partial charge is 0.0667 e. The molecule has 0 aromatic carbocycles. The lowest BCUT2D eigenvalue weighted by Gasteiger charge is -2.30. The second-order valence-electron chi connectivity index (χ2n) is 4.66. The van der Waals surface area contributed by atoms with Gasteiger partial charge in [-0.15, -0.1) is 11.6 Å². The number of hydrogen-bond acceptors (Lipinski definition) is 2. The zero-order valence-corrected chi connectivity index (χ0v) is 10.7. The van der Waals surface area contributed by atoms with Gasteiger partial charge in [0.1, 0.15) is 0 Å². The maximum absolute atomic E-state index is 5.99. The van der Waals surface area contributed by atoms with E-state index in [9.17, 15) is 0 Å². The summed E-state index contributed by atoms with van der Waals surface area (Å²) in [5, 5.41) is 3.49. The lowest BCUT2D eigenvalue weighted by atomic mass is 9.80. The van der Waals surface area contributed by atoms with Gasteiger partial charge < -0.3 is 10.1 Å². The standard InChI is InChI=1S/C12H24ClNO/c1-10(15-2)8-14-9-12-6-4-3-5-11(12)7-13/h10-12,14H,3-9H2,1-2H3. The number of halogens is 1. The van der Waals surface area contributed by atoms with Gasteiger partial charge in [-0.25, -0.2) is 0 Å². The second kappa shape index (κ2) is 7.48. The predicted molar refractivity (Wildman–Crippen MR) is 65.5 cm³/mol. The van der Waals surface area contributed by atoms with E-state index >= 15 is 0 Å². The Hall–Kier alpha value is 0.210. The van der Waals surface area contributed by atoms with Gasteiger partial charge >= 0.3 is 0 Å². The summed E-state index contributed by atoms with van der Waals surface area (Å²) < 4.78 is 5.20. The van der Waals surface area contributed by atoms with E-state index in [-0.39, 0.29) is 0 Å². The fourth-order valence-electron chi connectivity index (χ4n) is 2.31. The first-order valence-corrected chi connectivity index (χ1v) is 6.60. The molecule has 0 heterocycles. The Morgan fingerprint density at radius 3 is 2.60 bits per heavy atom. The van der Waals surface area contributed by atoms with Crippen molar-refractivity contribution in [3.63, 3.8) is 0 Å². The van der Waals surface area contributed by atoms with Gasteiger partial charge in [0, 0.05) is 19.5 Å². The van der Waals surface area contributed by atoms with Gasteiger partial charge in [-0.2, -0.15) is 0 Å². The number of alkyl halides is 1. The van der Waals surface area contributed by atoms with Crippen LogP contribution in [0.3, 0.4) is 0 Å². The zero-order chi connectivity index (χ0) is 11.1. The Morgan fingerprint density at radius 1 is 1.33 bits per heavy atom. The van der Waals surface area contributed by atoms with E-state index in [1.165, 1.54) is 25.7 Å². The topological polar surface area (TPSA) is 21.3 Å². The summed E-state index contributed by atoms with van der Waals surface area (Å²) in [6.07, 6.45) is 5.70. The first-order valence-electron chi connectivity index (χ1n) is 6.07. The van der Waals surface area contributed by atoms with E-state index in [0.717, 1.165) is 30.8 Å². The molecular weight excluding hydrogens is 210 g/mol. The summed E-state index contributed by atoms with van der Waals surface area (Å²) in [6.45, 7) is 4.14. The molecule has 0 saturated heterocycles. The molecule has 0 radical (unpaired) electrons. The molecule has 1 saturated carbocycles. The van der Waals surface area contributed by atoms with Crippen LogP contribution < -0.4 is 5.32 Å². The van der Waals surface area contributed by atoms with Gasteiger partial charge in [0.2, 0.25) is 0 Å². The third kappa shape index (κ3) is 4.71. The van der Waals surface area contributed by atoms with Crippen molar-refractivity contribution in [2.75, 3.05) is 26.1 Å². The van der Waals surface area contributed by atoms with Crippen LogP contribution in [-0.2, 0) is 4.74 Å². The summed E-state index contributed by atoms with van der Waals surface area (Å²) in [4.78, 5) is 0. The quantitative estimate of drug-likeness (QED) is 0.713. The van der Waals surface area contributed by atoms with Gasteiger partial charge in [-0.1, -0.05) is 12.8 Å². The van der Waals surface area contributed by atoms with Gasteiger partial charge in [-0.3, -0.25) is 0 Å². The maximum Gasteiger partial charge on any atom is 0.0667 e. The molecule has 1 N–H and O–H groups in total. The van der Waals surface area contributed by atoms with Gasteiger partial charge in [0.05, 0.1) is 6.10 Å². The van der Waals surface area contributed by atoms with Crippen molar-refractivity contribution >= 4 is 11.6 Å². The van der Waals surface area contributed by atoms with Crippen molar-refractivity contribution in [3.05, 3.63) is 0 Å². The Kier molecular flexibility index (Phi) is 6.62. The number of methoxy groups -OCH3 is 1. The molecule has 3 heteroatoms. The van der Waals surface area contributed by atoms with Crippen LogP contribution in [0.15, 0.2) is 0 Å². The molecule has 1 aliphatic rings. The summed E-state index contributed by atoms with van der Waals surface area (Å²) in [7, 11) is 1.76. The van der Waals surface area contributed by atoms with Crippen molar-refractivity contribution in [1.82, 2.24) is 5.32 Å². The first kappa shape index (κ1) is 13.3. The van der Waals surface area contributed by atoms with Gasteiger partial charge in [0.25, 0.3) is 0 Å². The van der Waals surface area contributed by atoms with Crippen molar-refractivity contribution < 1.29 is 4.74 Å². The minimum absolute atomic E-state index is 0.308. The van der Waals surface area contributed by atoms with Crippen molar-refractivity contribution in [3.8, 4) is 0 Å². The molecule has 1 fully saturated rings. The monoisotopic (exact) mass is 233 g/mol. The largest absolute Gasteiger partial charge is 0.380 e. The number of rotatable bonds is 6. The molecule has 3 atom stereocenters. The Labute approximate surface area is 98.7 Å². The minimum atomic E-state index is 0.308. The van der Waals surface area contributed by atoms with Crippen LogP contribution in [0.25, 0.3) is 0 Å². The van der Waals surface area contributed by atoms with E-state index in [1.54, 1.807) is 7.11 Å². The van der Waals surface area contributed by atoms with Crippen LogP contribution in [0.5, 0.6) is 0 Å². The normalized spacial score (nSPS) is 29.0. The van der Waals surface area contributed by atoms with E-state index < -0.39 is 0 Å². The second-order valence-corrected chi connectivity index (χ2v) is 4.97. The first-order chi connectivity index (χ1) is 7.27. The average Bonchev–Trinajstić information content (AvgIpc) is 2.29. The zero-order valence-electron chi connectivity index (χ0n) is 9.97. The van der Waals surface area contributed by atoms with Crippen LogP contribution >= 0.6 is 11.6 Å². The number of hydrogen-bond donors (Lipinski definition) is 1. The molecule has 0 aromatic heterocycles. The van der Waals surface area contributed by atoms with E-state index in [2.05, 4.69) is 12.2 Å². The lowest BCUT2D eigenvalue weighted by molar-refractivity contribution is 0.114. The molecule has 90 valence electrons. The molecule has 1 rings (SSSR count). The highest BCUT2D eigenvalue weighted by Crippen LogP contribution is 2.30. The van der Waals surface area contributed by atoms with Crippen LogP contribution in [0, 0.1) is 11.8 Å². The van der Waals surface area contributed by atoms with Gasteiger partial charge in [-0.05, 0) is 38.1 Å². The molecule has 1 aliphatic carbocycles.